The van der Waals surface area contributed by atoms with Crippen LogP contribution >= 0.6 is 0 Å². The lowest BCUT2D eigenvalue weighted by Gasteiger charge is -2.20. The van der Waals surface area contributed by atoms with E-state index >= 15 is 0 Å². The van der Waals surface area contributed by atoms with E-state index in [0.29, 0.717) is 0 Å². The number of aliphatic imine (C=N–C) groups is 1. The van der Waals surface area contributed by atoms with Crippen LogP contribution in [0.2, 0.25) is 0 Å². The topological polar surface area (TPSA) is 45.5 Å². The maximum atomic E-state index is 4.29. The number of likely N-dealkylation sites (tertiary alicyclic amines) is 1. The van der Waals surface area contributed by atoms with E-state index in [1.807, 2.05) is 31.1 Å². The van der Waals surface area contributed by atoms with Gasteiger partial charge in [0.1, 0.15) is 5.82 Å². The molecule has 1 N–H and O–H groups in total. The summed E-state index contributed by atoms with van der Waals surface area (Å²) in [6.07, 6.45) is 6.30. The Morgan fingerprint density at radius 3 is 2.81 bits per heavy atom. The first kappa shape index (κ1) is 11.0. The number of rotatable bonds is 2. The number of imidazole rings is 1. The molecule has 5 nitrogen and oxygen atoms in total. The van der Waals surface area contributed by atoms with E-state index in [1.165, 1.54) is 12.8 Å². The van der Waals surface area contributed by atoms with Crippen molar-refractivity contribution < 1.29 is 0 Å². The summed E-state index contributed by atoms with van der Waals surface area (Å²) in [5, 5.41) is 3.35. The Morgan fingerprint density at radius 1 is 1.50 bits per heavy atom. The van der Waals surface area contributed by atoms with Gasteiger partial charge in [0.25, 0.3) is 0 Å². The summed E-state index contributed by atoms with van der Waals surface area (Å²) < 4.78 is 2.02. The van der Waals surface area contributed by atoms with Gasteiger partial charge in [0.2, 0.25) is 0 Å². The average Bonchev–Trinajstić information content (AvgIpc) is 2.92. The summed E-state index contributed by atoms with van der Waals surface area (Å²) in [4.78, 5) is 10.9. The predicted molar refractivity (Wildman–Crippen MR) is 64.2 cm³/mol. The van der Waals surface area contributed by atoms with E-state index in [2.05, 4.69) is 20.2 Å². The monoisotopic (exact) mass is 221 g/mol. The highest BCUT2D eigenvalue weighted by atomic mass is 15.3. The van der Waals surface area contributed by atoms with Crippen LogP contribution in [0.1, 0.15) is 18.7 Å². The van der Waals surface area contributed by atoms with Crippen LogP contribution in [0.4, 0.5) is 0 Å². The van der Waals surface area contributed by atoms with E-state index in [9.17, 15) is 0 Å². The Hall–Kier alpha value is -1.52. The Balaban J connectivity index is 1.90. The predicted octanol–water partition coefficient (Wildman–Crippen LogP) is 0.591. The molecule has 0 bridgehead atoms. The zero-order chi connectivity index (χ0) is 11.4. The molecule has 88 valence electrons. The van der Waals surface area contributed by atoms with Crippen molar-refractivity contribution in [2.24, 2.45) is 12.0 Å². The summed E-state index contributed by atoms with van der Waals surface area (Å²) in [6, 6.07) is 0. The lowest BCUT2D eigenvalue weighted by atomic mass is 10.4. The normalized spacial score (nSPS) is 16.9. The van der Waals surface area contributed by atoms with Crippen molar-refractivity contribution in [2.45, 2.75) is 19.4 Å². The van der Waals surface area contributed by atoms with Crippen molar-refractivity contribution in [1.29, 1.82) is 0 Å². The third-order valence-electron chi connectivity index (χ3n) is 2.94. The van der Waals surface area contributed by atoms with Crippen LogP contribution in [0.25, 0.3) is 0 Å². The standard InChI is InChI=1S/C11H19N5/c1-12-11(16-6-3-4-7-16)14-9-10-13-5-8-15(10)2/h5,8H,3-4,6-7,9H2,1-2H3,(H,12,14). The first-order valence-electron chi connectivity index (χ1n) is 5.73. The van der Waals surface area contributed by atoms with Crippen LogP contribution in [0.3, 0.4) is 0 Å². The van der Waals surface area contributed by atoms with Crippen molar-refractivity contribution in [3.05, 3.63) is 18.2 Å². The summed E-state index contributed by atoms with van der Waals surface area (Å²) in [6.45, 7) is 2.95. The molecule has 1 aromatic heterocycles. The maximum absolute atomic E-state index is 4.29. The molecule has 0 amide bonds. The first-order chi connectivity index (χ1) is 7.81. The second kappa shape index (κ2) is 5.01. The molecule has 16 heavy (non-hydrogen) atoms. The number of guanidine groups is 1. The van der Waals surface area contributed by atoms with Gasteiger partial charge in [0, 0.05) is 39.6 Å². The molecule has 0 aliphatic carbocycles. The number of hydrogen-bond donors (Lipinski definition) is 1. The van der Waals surface area contributed by atoms with Crippen LogP contribution in [0.15, 0.2) is 17.4 Å². The third-order valence-corrected chi connectivity index (χ3v) is 2.94. The smallest absolute Gasteiger partial charge is 0.194 e. The van der Waals surface area contributed by atoms with Crippen LogP contribution in [0, 0.1) is 0 Å². The molecule has 0 unspecified atom stereocenters. The number of hydrogen-bond acceptors (Lipinski definition) is 2. The van der Waals surface area contributed by atoms with Gasteiger partial charge in [-0.3, -0.25) is 4.99 Å². The molecule has 0 radical (unpaired) electrons. The van der Waals surface area contributed by atoms with E-state index in [-0.39, 0.29) is 0 Å². The maximum Gasteiger partial charge on any atom is 0.194 e. The Bertz CT molecular complexity index is 362. The lowest BCUT2D eigenvalue weighted by molar-refractivity contribution is 0.491. The Labute approximate surface area is 96.2 Å². The number of aryl methyl sites for hydroxylation is 1. The van der Waals surface area contributed by atoms with Gasteiger partial charge >= 0.3 is 0 Å². The molecule has 0 atom stereocenters. The van der Waals surface area contributed by atoms with E-state index in [0.717, 1.165) is 31.4 Å². The first-order valence-corrected chi connectivity index (χ1v) is 5.73. The highest BCUT2D eigenvalue weighted by Gasteiger charge is 2.15. The molecule has 1 aliphatic rings. The summed E-state index contributed by atoms with van der Waals surface area (Å²) in [5.74, 6) is 2.01. The molecular formula is C11H19N5. The van der Waals surface area contributed by atoms with Crippen LogP contribution in [-0.2, 0) is 13.6 Å². The molecular weight excluding hydrogens is 202 g/mol. The lowest BCUT2D eigenvalue weighted by Crippen LogP contribution is -2.39. The minimum absolute atomic E-state index is 0.729. The van der Waals surface area contributed by atoms with E-state index in [4.69, 9.17) is 0 Å². The number of nitrogens with one attached hydrogen (secondary N) is 1. The van der Waals surface area contributed by atoms with E-state index < -0.39 is 0 Å². The van der Waals surface area contributed by atoms with Crippen LogP contribution < -0.4 is 5.32 Å². The largest absolute Gasteiger partial charge is 0.349 e. The fourth-order valence-corrected chi connectivity index (χ4v) is 1.99. The molecule has 1 aliphatic heterocycles. The fraction of sp³-hybridized carbons (Fsp3) is 0.636. The zero-order valence-corrected chi connectivity index (χ0v) is 9.98. The summed E-state index contributed by atoms with van der Waals surface area (Å²) in [5.41, 5.74) is 0. The third kappa shape index (κ3) is 2.35. The second-order valence-electron chi connectivity index (χ2n) is 4.05. The van der Waals surface area contributed by atoms with Crippen LogP contribution in [0.5, 0.6) is 0 Å². The van der Waals surface area contributed by atoms with Crippen molar-refractivity contribution in [3.63, 3.8) is 0 Å². The fourth-order valence-electron chi connectivity index (χ4n) is 1.99. The van der Waals surface area contributed by atoms with Gasteiger partial charge in [-0.05, 0) is 12.8 Å². The molecule has 0 aromatic carbocycles. The molecule has 5 heteroatoms. The molecule has 0 saturated carbocycles. The molecule has 0 spiro atoms. The highest BCUT2D eigenvalue weighted by molar-refractivity contribution is 5.79. The molecule has 1 aromatic rings. The van der Waals surface area contributed by atoms with Crippen molar-refractivity contribution in [2.75, 3.05) is 20.1 Å². The van der Waals surface area contributed by atoms with E-state index in [1.54, 1.807) is 0 Å². The van der Waals surface area contributed by atoms with Gasteiger partial charge in [-0.25, -0.2) is 4.98 Å². The van der Waals surface area contributed by atoms with Gasteiger partial charge in [-0.15, -0.1) is 0 Å². The molecule has 2 heterocycles. The number of nitrogens with zero attached hydrogens (tertiary/aromatic N) is 4. The van der Waals surface area contributed by atoms with Gasteiger partial charge in [0.15, 0.2) is 5.96 Å². The molecule has 1 fully saturated rings. The zero-order valence-electron chi connectivity index (χ0n) is 9.98. The van der Waals surface area contributed by atoms with Gasteiger partial charge in [-0.2, -0.15) is 0 Å². The van der Waals surface area contributed by atoms with Crippen molar-refractivity contribution in [1.82, 2.24) is 19.8 Å². The minimum atomic E-state index is 0.729. The highest BCUT2D eigenvalue weighted by Crippen LogP contribution is 2.07. The minimum Gasteiger partial charge on any atom is -0.349 e. The summed E-state index contributed by atoms with van der Waals surface area (Å²) in [7, 11) is 3.84. The Morgan fingerprint density at radius 2 is 2.25 bits per heavy atom. The summed E-state index contributed by atoms with van der Waals surface area (Å²) >= 11 is 0. The SMILES string of the molecule is CN=C(NCc1nccn1C)N1CCCC1. The quantitative estimate of drug-likeness (QED) is 0.587. The van der Waals surface area contributed by atoms with Crippen LogP contribution in [-0.4, -0.2) is 40.5 Å². The Kier molecular flexibility index (Phi) is 3.44. The molecule has 1 saturated heterocycles. The number of aromatic nitrogens is 2. The molecule has 2 rings (SSSR count). The van der Waals surface area contributed by atoms with Gasteiger partial charge in [-0.1, -0.05) is 0 Å². The van der Waals surface area contributed by atoms with Gasteiger partial charge in [0.05, 0.1) is 6.54 Å². The van der Waals surface area contributed by atoms with Gasteiger partial charge < -0.3 is 14.8 Å². The van der Waals surface area contributed by atoms with Crippen molar-refractivity contribution in [3.8, 4) is 0 Å². The van der Waals surface area contributed by atoms with Crippen molar-refractivity contribution >= 4 is 5.96 Å². The second-order valence-corrected chi connectivity index (χ2v) is 4.05. The average molecular weight is 221 g/mol.